The molecule has 0 aliphatic rings. The van der Waals surface area contributed by atoms with Crippen molar-refractivity contribution in [3.8, 4) is 0 Å². The van der Waals surface area contributed by atoms with Crippen molar-refractivity contribution < 1.29 is 9.21 Å². The first-order valence-electron chi connectivity index (χ1n) is 8.56. The Labute approximate surface area is 158 Å². The van der Waals surface area contributed by atoms with Crippen LogP contribution in [0.5, 0.6) is 0 Å². The molecule has 0 saturated heterocycles. The summed E-state index contributed by atoms with van der Waals surface area (Å²) in [6.45, 7) is 4.43. The van der Waals surface area contributed by atoms with Gasteiger partial charge in [0.2, 0.25) is 0 Å². The van der Waals surface area contributed by atoms with Crippen LogP contribution in [0.4, 0.5) is 0 Å². The molecule has 1 heterocycles. The minimum Gasteiger partial charge on any atom is -0.451 e. The molecule has 4 nitrogen and oxygen atoms in total. The summed E-state index contributed by atoms with van der Waals surface area (Å²) in [5, 5.41) is 4.49. The average molecular weight is 371 g/mol. The lowest BCUT2D eigenvalue weighted by atomic mass is 10.0. The van der Waals surface area contributed by atoms with E-state index in [2.05, 4.69) is 41.4 Å². The number of amides is 1. The maximum absolute atomic E-state index is 12.7. The van der Waals surface area contributed by atoms with Gasteiger partial charge in [0, 0.05) is 22.5 Å². The van der Waals surface area contributed by atoms with Crippen LogP contribution in [0.3, 0.4) is 0 Å². The topological polar surface area (TPSA) is 45.5 Å². The van der Waals surface area contributed by atoms with E-state index in [1.165, 1.54) is 5.56 Å². The predicted octanol–water partition coefficient (Wildman–Crippen LogP) is 4.74. The Hall–Kier alpha value is -2.30. The summed E-state index contributed by atoms with van der Waals surface area (Å²) in [5.74, 6) is 0.123. The number of hydrogen-bond acceptors (Lipinski definition) is 3. The van der Waals surface area contributed by atoms with Crippen LogP contribution in [0.1, 0.15) is 33.3 Å². The molecule has 3 rings (SSSR count). The molecule has 1 aromatic heterocycles. The molecule has 0 bridgehead atoms. The summed E-state index contributed by atoms with van der Waals surface area (Å²) in [6.07, 6.45) is 0. The number of benzene rings is 2. The highest BCUT2D eigenvalue weighted by atomic mass is 35.5. The molecule has 136 valence electrons. The SMILES string of the molecule is Cc1ccc([C@H](CNC(=O)c2oc3ccc(Cl)cc3c2C)N(C)C)cc1. The van der Waals surface area contributed by atoms with Gasteiger partial charge in [0.15, 0.2) is 5.76 Å². The van der Waals surface area contributed by atoms with Crippen LogP contribution in [0.25, 0.3) is 11.0 Å². The monoisotopic (exact) mass is 370 g/mol. The van der Waals surface area contributed by atoms with E-state index in [0.29, 0.717) is 22.9 Å². The van der Waals surface area contributed by atoms with E-state index in [0.717, 1.165) is 16.5 Å². The summed E-state index contributed by atoms with van der Waals surface area (Å²) in [7, 11) is 4.01. The van der Waals surface area contributed by atoms with Crippen LogP contribution in [-0.2, 0) is 0 Å². The van der Waals surface area contributed by atoms with Gasteiger partial charge in [-0.1, -0.05) is 41.4 Å². The number of rotatable bonds is 5. The second-order valence-corrected chi connectivity index (χ2v) is 7.23. The van der Waals surface area contributed by atoms with Gasteiger partial charge in [-0.3, -0.25) is 4.79 Å². The van der Waals surface area contributed by atoms with Gasteiger partial charge >= 0.3 is 0 Å². The number of carbonyl (C=O) groups is 1. The second-order valence-electron chi connectivity index (χ2n) is 6.80. The lowest BCUT2D eigenvalue weighted by molar-refractivity contribution is 0.0915. The fourth-order valence-electron chi connectivity index (χ4n) is 3.07. The maximum Gasteiger partial charge on any atom is 0.287 e. The Morgan fingerprint density at radius 2 is 1.85 bits per heavy atom. The number of nitrogens with zero attached hydrogens (tertiary/aromatic N) is 1. The molecule has 0 aliphatic carbocycles. The molecule has 0 fully saturated rings. The van der Waals surface area contributed by atoms with Crippen LogP contribution in [0.2, 0.25) is 5.02 Å². The average Bonchev–Trinajstić information content (AvgIpc) is 2.93. The predicted molar refractivity (Wildman–Crippen MR) is 106 cm³/mol. The van der Waals surface area contributed by atoms with Crippen molar-refractivity contribution >= 4 is 28.5 Å². The number of fused-ring (bicyclic) bond motifs is 1. The molecule has 0 saturated carbocycles. The zero-order valence-corrected chi connectivity index (χ0v) is 16.2. The minimum absolute atomic E-state index is 0.0821. The number of halogens is 1. The Morgan fingerprint density at radius 3 is 2.50 bits per heavy atom. The van der Waals surface area contributed by atoms with Gasteiger partial charge in [-0.25, -0.2) is 0 Å². The zero-order chi connectivity index (χ0) is 18.8. The molecular weight excluding hydrogens is 348 g/mol. The number of likely N-dealkylation sites (N-methyl/N-ethyl adjacent to an activating group) is 1. The summed E-state index contributed by atoms with van der Waals surface area (Å²) < 4.78 is 5.75. The van der Waals surface area contributed by atoms with Crippen LogP contribution in [0, 0.1) is 13.8 Å². The molecule has 26 heavy (non-hydrogen) atoms. The number of hydrogen-bond donors (Lipinski definition) is 1. The molecule has 2 aromatic carbocycles. The first kappa shape index (κ1) is 18.5. The van der Waals surface area contributed by atoms with Gasteiger partial charge < -0.3 is 14.6 Å². The molecule has 0 spiro atoms. The number of aryl methyl sites for hydroxylation is 2. The largest absolute Gasteiger partial charge is 0.451 e. The Bertz CT molecular complexity index is 929. The molecule has 1 amide bonds. The zero-order valence-electron chi connectivity index (χ0n) is 15.5. The summed E-state index contributed by atoms with van der Waals surface area (Å²) in [5.41, 5.74) is 3.84. The van der Waals surface area contributed by atoms with E-state index >= 15 is 0 Å². The first-order chi connectivity index (χ1) is 12.4. The van der Waals surface area contributed by atoms with Crippen molar-refractivity contribution in [1.29, 1.82) is 0 Å². The second kappa shape index (κ2) is 7.52. The quantitative estimate of drug-likeness (QED) is 0.705. The van der Waals surface area contributed by atoms with Crippen LogP contribution in [0.15, 0.2) is 46.9 Å². The smallest absolute Gasteiger partial charge is 0.287 e. The molecule has 0 aliphatic heterocycles. The molecule has 3 aromatic rings. The van der Waals surface area contributed by atoms with E-state index in [1.54, 1.807) is 12.1 Å². The summed E-state index contributed by atoms with van der Waals surface area (Å²) in [4.78, 5) is 14.8. The van der Waals surface area contributed by atoms with Crippen LogP contribution < -0.4 is 5.32 Å². The summed E-state index contributed by atoms with van der Waals surface area (Å²) >= 11 is 6.05. The highest BCUT2D eigenvalue weighted by Gasteiger charge is 2.20. The maximum atomic E-state index is 12.7. The molecule has 1 atom stereocenters. The van der Waals surface area contributed by atoms with Crippen molar-refractivity contribution in [2.75, 3.05) is 20.6 Å². The highest BCUT2D eigenvalue weighted by molar-refractivity contribution is 6.31. The number of furan rings is 1. The third-order valence-corrected chi connectivity index (χ3v) is 4.88. The van der Waals surface area contributed by atoms with Crippen LogP contribution in [-0.4, -0.2) is 31.4 Å². The lowest BCUT2D eigenvalue weighted by Gasteiger charge is -2.25. The van der Waals surface area contributed by atoms with Crippen molar-refractivity contribution in [3.05, 3.63) is 69.9 Å². The highest BCUT2D eigenvalue weighted by Crippen LogP contribution is 2.28. The van der Waals surface area contributed by atoms with Gasteiger partial charge in [-0.2, -0.15) is 0 Å². The minimum atomic E-state index is -0.214. The van der Waals surface area contributed by atoms with E-state index in [4.69, 9.17) is 16.0 Å². The molecular formula is C21H23ClN2O2. The standard InChI is InChI=1S/C21H23ClN2O2/c1-13-5-7-15(8-6-13)18(24(3)4)12-23-21(25)20-14(2)17-11-16(22)9-10-19(17)26-20/h5-11,18H,12H2,1-4H3,(H,23,25)/t18-/m0/s1. The Balaban J connectivity index is 1.78. The number of carbonyl (C=O) groups excluding carboxylic acids is 1. The van der Waals surface area contributed by atoms with Gasteiger partial charge in [0.25, 0.3) is 5.91 Å². The lowest BCUT2D eigenvalue weighted by Crippen LogP contribution is -2.34. The van der Waals surface area contributed by atoms with Crippen LogP contribution >= 0.6 is 11.6 Å². The van der Waals surface area contributed by atoms with E-state index < -0.39 is 0 Å². The van der Waals surface area contributed by atoms with Gasteiger partial charge in [0.05, 0.1) is 6.04 Å². The van der Waals surface area contributed by atoms with Gasteiger partial charge in [-0.05, 0) is 51.7 Å². The molecule has 0 radical (unpaired) electrons. The Kier molecular flexibility index (Phi) is 5.35. The third-order valence-electron chi connectivity index (χ3n) is 4.65. The number of nitrogens with one attached hydrogen (secondary N) is 1. The van der Waals surface area contributed by atoms with Gasteiger partial charge in [-0.15, -0.1) is 0 Å². The van der Waals surface area contributed by atoms with Crippen molar-refractivity contribution in [3.63, 3.8) is 0 Å². The summed E-state index contributed by atoms with van der Waals surface area (Å²) in [6, 6.07) is 13.8. The van der Waals surface area contributed by atoms with Crippen molar-refractivity contribution in [2.24, 2.45) is 0 Å². The molecule has 0 unspecified atom stereocenters. The first-order valence-corrected chi connectivity index (χ1v) is 8.94. The molecule has 5 heteroatoms. The van der Waals surface area contributed by atoms with E-state index in [1.807, 2.05) is 27.1 Å². The van der Waals surface area contributed by atoms with Crippen molar-refractivity contribution in [2.45, 2.75) is 19.9 Å². The van der Waals surface area contributed by atoms with E-state index in [9.17, 15) is 4.79 Å². The van der Waals surface area contributed by atoms with Crippen molar-refractivity contribution in [1.82, 2.24) is 10.2 Å². The molecule has 1 N–H and O–H groups in total. The fourth-order valence-corrected chi connectivity index (χ4v) is 3.24. The van der Waals surface area contributed by atoms with E-state index in [-0.39, 0.29) is 11.9 Å². The fraction of sp³-hybridized carbons (Fsp3) is 0.286. The Morgan fingerprint density at radius 1 is 1.15 bits per heavy atom. The third kappa shape index (κ3) is 3.76. The van der Waals surface area contributed by atoms with Gasteiger partial charge in [0.1, 0.15) is 5.58 Å². The normalized spacial score (nSPS) is 12.5.